The molecular weight excluding hydrogens is 290 g/mol. The third kappa shape index (κ3) is 3.19. The van der Waals surface area contributed by atoms with Crippen molar-refractivity contribution in [2.24, 2.45) is 0 Å². The lowest BCUT2D eigenvalue weighted by Crippen LogP contribution is -2.43. The van der Waals surface area contributed by atoms with E-state index >= 15 is 0 Å². The van der Waals surface area contributed by atoms with E-state index in [-0.39, 0.29) is 11.9 Å². The number of hydrogen-bond donors (Lipinski definition) is 1. The van der Waals surface area contributed by atoms with Crippen molar-refractivity contribution in [3.05, 3.63) is 47.5 Å². The molecule has 1 N–H and O–H groups in total. The summed E-state index contributed by atoms with van der Waals surface area (Å²) in [4.78, 5) is 18.7. The number of pyridine rings is 1. The van der Waals surface area contributed by atoms with Gasteiger partial charge in [-0.15, -0.1) is 0 Å². The van der Waals surface area contributed by atoms with Gasteiger partial charge in [0.05, 0.1) is 17.8 Å². The highest BCUT2D eigenvalue weighted by Gasteiger charge is 2.31. The van der Waals surface area contributed by atoms with Gasteiger partial charge in [-0.05, 0) is 37.1 Å². The van der Waals surface area contributed by atoms with Gasteiger partial charge < -0.3 is 14.6 Å². The number of carbonyl (C=O) groups excluding carboxylic acids is 1. The Morgan fingerprint density at radius 3 is 3.10 bits per heavy atom. The van der Waals surface area contributed by atoms with Crippen molar-refractivity contribution < 1.29 is 9.21 Å². The van der Waals surface area contributed by atoms with E-state index in [9.17, 15) is 4.79 Å². The lowest BCUT2D eigenvalue weighted by molar-refractivity contribution is -0.122. The lowest BCUT2D eigenvalue weighted by atomic mass is 10.2. The molecule has 0 spiro atoms. The van der Waals surface area contributed by atoms with Gasteiger partial charge >= 0.3 is 0 Å². The maximum Gasteiger partial charge on any atom is 0.243 e. The third-order valence-electron chi connectivity index (χ3n) is 3.58. The van der Waals surface area contributed by atoms with Gasteiger partial charge in [-0.2, -0.15) is 0 Å². The van der Waals surface area contributed by atoms with Crippen LogP contribution in [0.5, 0.6) is 0 Å². The number of anilines is 1. The predicted octanol–water partition coefficient (Wildman–Crippen LogP) is 2.61. The summed E-state index contributed by atoms with van der Waals surface area (Å²) in [5.41, 5.74) is 0. The van der Waals surface area contributed by atoms with E-state index in [0.29, 0.717) is 11.6 Å². The van der Waals surface area contributed by atoms with Crippen molar-refractivity contribution >= 4 is 23.3 Å². The molecule has 1 atom stereocenters. The van der Waals surface area contributed by atoms with Gasteiger partial charge in [-0.3, -0.25) is 4.79 Å². The van der Waals surface area contributed by atoms with Gasteiger partial charge in [0.25, 0.3) is 0 Å². The maximum atomic E-state index is 12.3. The lowest BCUT2D eigenvalue weighted by Gasteiger charge is -2.24. The van der Waals surface area contributed by atoms with Gasteiger partial charge in [-0.25, -0.2) is 4.98 Å². The average molecular weight is 306 g/mol. The molecule has 1 amide bonds. The van der Waals surface area contributed by atoms with E-state index in [1.54, 1.807) is 24.6 Å². The molecule has 5 nitrogen and oxygen atoms in total. The standard InChI is InChI=1S/C15H16ClN3O2/c16-11-5-6-14(17-9-11)19-7-1-4-13(19)15(20)18-10-12-3-2-8-21-12/h2-3,5-6,8-9,13H,1,4,7,10H2,(H,18,20)/t13-/m1/s1. The van der Waals surface area contributed by atoms with Crippen LogP contribution >= 0.6 is 11.6 Å². The predicted molar refractivity (Wildman–Crippen MR) is 80.2 cm³/mol. The van der Waals surface area contributed by atoms with Gasteiger partial charge in [0.2, 0.25) is 5.91 Å². The zero-order valence-corrected chi connectivity index (χ0v) is 12.2. The molecule has 3 rings (SSSR count). The Hall–Kier alpha value is -2.01. The second-order valence-electron chi connectivity index (χ2n) is 4.98. The monoisotopic (exact) mass is 305 g/mol. The summed E-state index contributed by atoms with van der Waals surface area (Å²) in [6, 6.07) is 7.10. The molecule has 110 valence electrons. The zero-order valence-electron chi connectivity index (χ0n) is 11.5. The Balaban J connectivity index is 1.65. The second-order valence-corrected chi connectivity index (χ2v) is 5.42. The number of amides is 1. The molecule has 0 radical (unpaired) electrons. The molecule has 0 bridgehead atoms. The molecule has 3 heterocycles. The highest BCUT2D eigenvalue weighted by molar-refractivity contribution is 6.30. The summed E-state index contributed by atoms with van der Waals surface area (Å²) < 4.78 is 5.22. The van der Waals surface area contributed by atoms with E-state index in [1.807, 2.05) is 17.0 Å². The average Bonchev–Trinajstić information content (AvgIpc) is 3.17. The fourth-order valence-corrected chi connectivity index (χ4v) is 2.67. The first-order valence-electron chi connectivity index (χ1n) is 6.92. The van der Waals surface area contributed by atoms with Crippen LogP contribution in [0.3, 0.4) is 0 Å². The fraction of sp³-hybridized carbons (Fsp3) is 0.333. The largest absolute Gasteiger partial charge is 0.467 e. The van der Waals surface area contributed by atoms with Crippen LogP contribution in [0.25, 0.3) is 0 Å². The highest BCUT2D eigenvalue weighted by Crippen LogP contribution is 2.24. The second kappa shape index (κ2) is 6.18. The quantitative estimate of drug-likeness (QED) is 0.943. The molecule has 0 aromatic carbocycles. The normalized spacial score (nSPS) is 18.0. The summed E-state index contributed by atoms with van der Waals surface area (Å²) >= 11 is 5.85. The van der Waals surface area contributed by atoms with Crippen molar-refractivity contribution in [2.75, 3.05) is 11.4 Å². The van der Waals surface area contributed by atoms with Crippen molar-refractivity contribution in [3.63, 3.8) is 0 Å². The number of aromatic nitrogens is 1. The van der Waals surface area contributed by atoms with Gasteiger partial charge in [0.15, 0.2) is 0 Å². The summed E-state index contributed by atoms with van der Waals surface area (Å²) in [6.45, 7) is 1.23. The molecule has 21 heavy (non-hydrogen) atoms. The number of rotatable bonds is 4. The van der Waals surface area contributed by atoms with Crippen LogP contribution in [0.15, 0.2) is 41.1 Å². The molecule has 1 aliphatic heterocycles. The molecule has 6 heteroatoms. The van der Waals surface area contributed by atoms with E-state index in [0.717, 1.165) is 31.0 Å². The smallest absolute Gasteiger partial charge is 0.243 e. The molecule has 2 aromatic rings. The topological polar surface area (TPSA) is 58.4 Å². The molecule has 0 aliphatic carbocycles. The van der Waals surface area contributed by atoms with E-state index in [1.165, 1.54) is 0 Å². The summed E-state index contributed by atoms with van der Waals surface area (Å²) in [5, 5.41) is 3.50. The first kappa shape index (κ1) is 13.9. The minimum atomic E-state index is -0.186. The molecule has 1 saturated heterocycles. The third-order valence-corrected chi connectivity index (χ3v) is 3.80. The van der Waals surface area contributed by atoms with Crippen LogP contribution in [0.4, 0.5) is 5.82 Å². The van der Waals surface area contributed by atoms with E-state index in [2.05, 4.69) is 10.3 Å². The first-order valence-corrected chi connectivity index (χ1v) is 7.30. The van der Waals surface area contributed by atoms with Crippen LogP contribution in [0.2, 0.25) is 5.02 Å². The number of furan rings is 1. The zero-order chi connectivity index (χ0) is 14.7. The molecule has 0 saturated carbocycles. The molecule has 2 aromatic heterocycles. The van der Waals surface area contributed by atoms with Gasteiger partial charge in [0, 0.05) is 12.7 Å². The fourth-order valence-electron chi connectivity index (χ4n) is 2.56. The summed E-state index contributed by atoms with van der Waals surface area (Å²) in [7, 11) is 0. The summed E-state index contributed by atoms with van der Waals surface area (Å²) in [6.07, 6.45) is 5.01. The van der Waals surface area contributed by atoms with Crippen molar-refractivity contribution in [1.29, 1.82) is 0 Å². The van der Waals surface area contributed by atoms with E-state index in [4.69, 9.17) is 16.0 Å². The number of nitrogens with zero attached hydrogens (tertiary/aromatic N) is 2. The molecular formula is C15H16ClN3O2. The molecule has 1 fully saturated rings. The first-order chi connectivity index (χ1) is 10.2. The van der Waals surface area contributed by atoms with Crippen LogP contribution in [-0.4, -0.2) is 23.5 Å². The van der Waals surface area contributed by atoms with Crippen LogP contribution in [0.1, 0.15) is 18.6 Å². The maximum absolute atomic E-state index is 12.3. The highest BCUT2D eigenvalue weighted by atomic mass is 35.5. The number of carbonyl (C=O) groups is 1. The molecule has 1 aliphatic rings. The number of hydrogen-bond acceptors (Lipinski definition) is 4. The summed E-state index contributed by atoms with van der Waals surface area (Å²) in [5.74, 6) is 1.54. The molecule has 0 unspecified atom stereocenters. The SMILES string of the molecule is O=C(NCc1ccco1)[C@H]1CCCN1c1ccc(Cl)cn1. The van der Waals surface area contributed by atoms with Gasteiger partial charge in [0.1, 0.15) is 17.6 Å². The van der Waals surface area contributed by atoms with Gasteiger partial charge in [-0.1, -0.05) is 11.6 Å². The van der Waals surface area contributed by atoms with Crippen molar-refractivity contribution in [3.8, 4) is 0 Å². The Morgan fingerprint density at radius 2 is 2.38 bits per heavy atom. The van der Waals surface area contributed by atoms with Crippen LogP contribution in [0, 0.1) is 0 Å². The Labute approximate surface area is 127 Å². The van der Waals surface area contributed by atoms with E-state index < -0.39 is 0 Å². The Kier molecular flexibility index (Phi) is 4.10. The minimum absolute atomic E-state index is 0.000602. The number of nitrogens with one attached hydrogen (secondary N) is 1. The number of halogens is 1. The minimum Gasteiger partial charge on any atom is -0.467 e. The van der Waals surface area contributed by atoms with Crippen LogP contribution in [-0.2, 0) is 11.3 Å². The Bertz CT molecular complexity index is 598. The van der Waals surface area contributed by atoms with Crippen LogP contribution < -0.4 is 10.2 Å². The Morgan fingerprint density at radius 1 is 1.48 bits per heavy atom. The van der Waals surface area contributed by atoms with Crippen molar-refractivity contribution in [1.82, 2.24) is 10.3 Å². The van der Waals surface area contributed by atoms with Crippen molar-refractivity contribution in [2.45, 2.75) is 25.4 Å².